The lowest BCUT2D eigenvalue weighted by Gasteiger charge is -2.26. The lowest BCUT2D eigenvalue weighted by Crippen LogP contribution is -2.39. The van der Waals surface area contributed by atoms with Crippen LogP contribution in [0, 0.1) is 0 Å². The van der Waals surface area contributed by atoms with Gasteiger partial charge in [-0.2, -0.15) is 0 Å². The average molecular weight is 236 g/mol. The maximum Gasteiger partial charge on any atom is 0.234 e. The maximum atomic E-state index is 11.5. The molecule has 0 aromatic carbocycles. The van der Waals surface area contributed by atoms with Crippen LogP contribution >= 0.6 is 0 Å². The van der Waals surface area contributed by atoms with Gasteiger partial charge in [-0.3, -0.25) is 14.7 Å². The van der Waals surface area contributed by atoms with E-state index in [0.717, 1.165) is 5.56 Å². The van der Waals surface area contributed by atoms with Gasteiger partial charge in [0, 0.05) is 31.5 Å². The monoisotopic (exact) mass is 236 g/mol. The molecule has 1 rings (SSSR count). The summed E-state index contributed by atoms with van der Waals surface area (Å²) in [5, 5.41) is 2.77. The Morgan fingerprint density at radius 3 is 2.94 bits per heavy atom. The van der Waals surface area contributed by atoms with E-state index in [-0.39, 0.29) is 11.9 Å². The molecule has 0 aliphatic heterocycles. The van der Waals surface area contributed by atoms with Gasteiger partial charge in [0.15, 0.2) is 0 Å². The average Bonchev–Trinajstić information content (AvgIpc) is 2.31. The van der Waals surface area contributed by atoms with Crippen LogP contribution in [0.2, 0.25) is 0 Å². The third kappa shape index (κ3) is 4.13. The summed E-state index contributed by atoms with van der Waals surface area (Å²) in [6, 6.07) is 3.86. The molecular weight excluding hydrogens is 216 g/mol. The molecule has 1 aromatic heterocycles. The van der Waals surface area contributed by atoms with E-state index in [1.54, 1.807) is 12.4 Å². The fourth-order valence-electron chi connectivity index (χ4n) is 1.73. The Bertz CT molecular complexity index is 342. The molecule has 0 saturated carbocycles. The van der Waals surface area contributed by atoms with Crippen LogP contribution in [0.1, 0.15) is 18.5 Å². The van der Waals surface area contributed by atoms with Crippen molar-refractivity contribution in [2.45, 2.75) is 13.0 Å². The highest BCUT2D eigenvalue weighted by atomic mass is 16.2. The molecule has 0 bridgehead atoms. The van der Waals surface area contributed by atoms with Crippen molar-refractivity contribution in [1.82, 2.24) is 15.2 Å². The molecule has 0 fully saturated rings. The third-order valence-corrected chi connectivity index (χ3v) is 2.59. The first-order valence-electron chi connectivity index (χ1n) is 5.76. The summed E-state index contributed by atoms with van der Waals surface area (Å²) in [6.45, 7) is 3.35. The maximum absolute atomic E-state index is 11.5. The molecule has 0 radical (unpaired) electrons. The number of carbonyl (C=O) groups is 1. The van der Waals surface area contributed by atoms with E-state index in [9.17, 15) is 4.79 Å². The summed E-state index contributed by atoms with van der Waals surface area (Å²) in [5.74, 6) is 0.0114. The topological polar surface area (TPSA) is 71.2 Å². The van der Waals surface area contributed by atoms with Gasteiger partial charge in [-0.1, -0.05) is 6.07 Å². The number of nitrogens with two attached hydrogens (primary N) is 1. The molecule has 5 nitrogen and oxygen atoms in total. The van der Waals surface area contributed by atoms with Crippen LogP contribution in [0.25, 0.3) is 0 Å². The smallest absolute Gasteiger partial charge is 0.234 e. The summed E-state index contributed by atoms with van der Waals surface area (Å²) < 4.78 is 0. The normalized spacial score (nSPS) is 12.5. The Morgan fingerprint density at radius 2 is 2.41 bits per heavy atom. The number of hydrogen-bond acceptors (Lipinski definition) is 4. The van der Waals surface area contributed by atoms with Crippen molar-refractivity contribution in [3.63, 3.8) is 0 Å². The molecule has 1 heterocycles. The number of hydrogen-bond donors (Lipinski definition) is 2. The van der Waals surface area contributed by atoms with Crippen molar-refractivity contribution in [2.75, 3.05) is 26.7 Å². The molecule has 0 spiro atoms. The SMILES string of the molecule is CCNC(=O)CN(C)C(CN)c1cccnc1. The van der Waals surface area contributed by atoms with Gasteiger partial charge in [0.05, 0.1) is 6.54 Å². The van der Waals surface area contributed by atoms with E-state index < -0.39 is 0 Å². The van der Waals surface area contributed by atoms with Crippen LogP contribution in [0.5, 0.6) is 0 Å². The van der Waals surface area contributed by atoms with Crippen molar-refractivity contribution in [2.24, 2.45) is 5.73 Å². The van der Waals surface area contributed by atoms with Crippen LogP contribution in [-0.2, 0) is 4.79 Å². The number of likely N-dealkylation sites (N-methyl/N-ethyl adjacent to an activating group) is 2. The second-order valence-electron chi connectivity index (χ2n) is 3.91. The van der Waals surface area contributed by atoms with Crippen LogP contribution in [0.4, 0.5) is 0 Å². The molecule has 1 atom stereocenters. The first-order chi connectivity index (χ1) is 8.19. The molecule has 1 aromatic rings. The number of carbonyl (C=O) groups excluding carboxylic acids is 1. The Morgan fingerprint density at radius 1 is 1.65 bits per heavy atom. The third-order valence-electron chi connectivity index (χ3n) is 2.59. The zero-order valence-electron chi connectivity index (χ0n) is 10.4. The predicted molar refractivity (Wildman–Crippen MR) is 67.3 cm³/mol. The predicted octanol–water partition coefficient (Wildman–Crippen LogP) is 0.149. The number of amides is 1. The second kappa shape index (κ2) is 6.98. The van der Waals surface area contributed by atoms with Gasteiger partial charge in [-0.15, -0.1) is 0 Å². The summed E-state index contributed by atoms with van der Waals surface area (Å²) in [5.41, 5.74) is 6.78. The minimum Gasteiger partial charge on any atom is -0.355 e. The van der Waals surface area contributed by atoms with Crippen molar-refractivity contribution in [3.8, 4) is 0 Å². The van der Waals surface area contributed by atoms with Crippen molar-refractivity contribution >= 4 is 5.91 Å². The van der Waals surface area contributed by atoms with Gasteiger partial charge in [0.2, 0.25) is 5.91 Å². The summed E-state index contributed by atoms with van der Waals surface area (Å²) in [7, 11) is 1.89. The van der Waals surface area contributed by atoms with E-state index in [1.807, 2.05) is 31.0 Å². The number of pyridine rings is 1. The number of nitrogens with zero attached hydrogens (tertiary/aromatic N) is 2. The first kappa shape index (κ1) is 13.6. The van der Waals surface area contributed by atoms with E-state index in [1.165, 1.54) is 0 Å². The molecule has 0 saturated heterocycles. The quantitative estimate of drug-likeness (QED) is 0.737. The largest absolute Gasteiger partial charge is 0.355 e. The van der Waals surface area contributed by atoms with Crippen molar-refractivity contribution in [1.29, 1.82) is 0 Å². The second-order valence-corrected chi connectivity index (χ2v) is 3.91. The molecule has 0 aliphatic rings. The van der Waals surface area contributed by atoms with Gasteiger partial charge in [-0.25, -0.2) is 0 Å². The van der Waals surface area contributed by atoms with E-state index in [4.69, 9.17) is 5.73 Å². The van der Waals surface area contributed by atoms with Gasteiger partial charge in [-0.05, 0) is 25.6 Å². The Balaban J connectivity index is 2.65. The van der Waals surface area contributed by atoms with Crippen molar-refractivity contribution in [3.05, 3.63) is 30.1 Å². The highest BCUT2D eigenvalue weighted by Crippen LogP contribution is 2.16. The zero-order valence-corrected chi connectivity index (χ0v) is 10.4. The Labute approximate surface area is 102 Å². The molecule has 5 heteroatoms. The van der Waals surface area contributed by atoms with Gasteiger partial charge in [0.1, 0.15) is 0 Å². The first-order valence-corrected chi connectivity index (χ1v) is 5.76. The fourth-order valence-corrected chi connectivity index (χ4v) is 1.73. The van der Waals surface area contributed by atoms with Crippen LogP contribution in [0.15, 0.2) is 24.5 Å². The molecule has 1 amide bonds. The standard InChI is InChI=1S/C12H20N4O/c1-3-15-12(17)9-16(2)11(7-13)10-5-4-6-14-8-10/h4-6,8,11H,3,7,9,13H2,1-2H3,(H,15,17). The minimum atomic E-state index is 0.0114. The Hall–Kier alpha value is -1.46. The lowest BCUT2D eigenvalue weighted by molar-refractivity contribution is -0.122. The van der Waals surface area contributed by atoms with E-state index in [0.29, 0.717) is 19.6 Å². The molecular formula is C12H20N4O. The molecule has 17 heavy (non-hydrogen) atoms. The molecule has 1 unspecified atom stereocenters. The van der Waals surface area contributed by atoms with E-state index in [2.05, 4.69) is 10.3 Å². The van der Waals surface area contributed by atoms with Crippen LogP contribution < -0.4 is 11.1 Å². The molecule has 3 N–H and O–H groups in total. The minimum absolute atomic E-state index is 0.0114. The van der Waals surface area contributed by atoms with Gasteiger partial charge >= 0.3 is 0 Å². The van der Waals surface area contributed by atoms with Crippen LogP contribution in [-0.4, -0.2) is 42.5 Å². The zero-order chi connectivity index (χ0) is 12.7. The van der Waals surface area contributed by atoms with E-state index >= 15 is 0 Å². The molecule has 0 aliphatic carbocycles. The summed E-state index contributed by atoms with van der Waals surface area (Å²) in [4.78, 5) is 17.5. The highest BCUT2D eigenvalue weighted by molar-refractivity contribution is 5.77. The van der Waals surface area contributed by atoms with Gasteiger partial charge < -0.3 is 11.1 Å². The highest BCUT2D eigenvalue weighted by Gasteiger charge is 2.17. The van der Waals surface area contributed by atoms with Gasteiger partial charge in [0.25, 0.3) is 0 Å². The van der Waals surface area contributed by atoms with Crippen molar-refractivity contribution < 1.29 is 4.79 Å². The Kier molecular flexibility index (Phi) is 5.59. The molecule has 94 valence electrons. The number of rotatable bonds is 6. The summed E-state index contributed by atoms with van der Waals surface area (Å²) >= 11 is 0. The number of nitrogens with one attached hydrogen (secondary N) is 1. The lowest BCUT2D eigenvalue weighted by atomic mass is 10.1. The van der Waals surface area contributed by atoms with Crippen LogP contribution in [0.3, 0.4) is 0 Å². The number of aromatic nitrogens is 1. The summed E-state index contributed by atoms with van der Waals surface area (Å²) in [6.07, 6.45) is 3.51. The fraction of sp³-hybridized carbons (Fsp3) is 0.500.